The topological polar surface area (TPSA) is 29.1 Å². The number of hydrogen-bond donors (Lipinski definition) is 1. The fraction of sp³-hybridized carbons (Fsp3) is 0.429. The maximum atomic E-state index is 10.5. The van der Waals surface area contributed by atoms with Crippen LogP contribution >= 0.6 is 0 Å². The molecule has 0 spiro atoms. The highest BCUT2D eigenvalue weighted by atomic mass is 16.1. The molecule has 2 nitrogen and oxygen atoms in total. The number of allylic oxidation sites excluding steroid dienone is 2. The van der Waals surface area contributed by atoms with Gasteiger partial charge >= 0.3 is 0 Å². The first-order valence-electron chi connectivity index (χ1n) is 2.96. The zero-order valence-electron chi connectivity index (χ0n) is 5.68. The molecule has 2 heteroatoms. The molecule has 1 N–H and O–H groups in total. The van der Waals surface area contributed by atoms with Gasteiger partial charge in [0.25, 0.3) is 0 Å². The average Bonchev–Trinajstić information content (AvgIpc) is 1.89. The van der Waals surface area contributed by atoms with Crippen molar-refractivity contribution in [3.63, 3.8) is 0 Å². The molecule has 0 unspecified atom stereocenters. The van der Waals surface area contributed by atoms with Gasteiger partial charge in [-0.1, -0.05) is 12.2 Å². The van der Waals surface area contributed by atoms with E-state index in [9.17, 15) is 4.79 Å². The van der Waals surface area contributed by atoms with Crippen LogP contribution in [0.2, 0.25) is 0 Å². The second-order valence-corrected chi connectivity index (χ2v) is 1.68. The van der Waals surface area contributed by atoms with Gasteiger partial charge in [0.1, 0.15) is 0 Å². The highest BCUT2D eigenvalue weighted by Gasteiger charge is 1.91. The molecule has 0 atom stereocenters. The SMILES string of the molecule is [CH2]/C=C/CCC(=O)NC. The lowest BCUT2D eigenvalue weighted by Crippen LogP contribution is -2.16. The largest absolute Gasteiger partial charge is 0.359 e. The Bertz CT molecular complexity index is 107. The van der Waals surface area contributed by atoms with Crippen LogP contribution in [-0.4, -0.2) is 13.0 Å². The summed E-state index contributed by atoms with van der Waals surface area (Å²) in [7, 11) is 1.64. The molecule has 51 valence electrons. The first kappa shape index (κ1) is 8.21. The summed E-state index contributed by atoms with van der Waals surface area (Å²) in [6.45, 7) is 3.50. The second kappa shape index (κ2) is 5.35. The number of hydrogen-bond acceptors (Lipinski definition) is 1. The Labute approximate surface area is 56.0 Å². The summed E-state index contributed by atoms with van der Waals surface area (Å²) >= 11 is 0. The Morgan fingerprint density at radius 1 is 1.78 bits per heavy atom. The molecule has 0 aromatic carbocycles. The summed E-state index contributed by atoms with van der Waals surface area (Å²) in [6.07, 6.45) is 4.91. The summed E-state index contributed by atoms with van der Waals surface area (Å²) < 4.78 is 0. The minimum atomic E-state index is 0.0769. The van der Waals surface area contributed by atoms with E-state index in [0.29, 0.717) is 6.42 Å². The third kappa shape index (κ3) is 5.07. The summed E-state index contributed by atoms with van der Waals surface area (Å²) in [4.78, 5) is 10.5. The van der Waals surface area contributed by atoms with E-state index >= 15 is 0 Å². The first-order chi connectivity index (χ1) is 4.31. The molecular weight excluding hydrogens is 114 g/mol. The standard InChI is InChI=1S/C7H12NO/c1-3-4-5-6-7(9)8-2/h3-4H,1,5-6H2,2H3,(H,8,9)/b4-3+. The molecule has 0 saturated heterocycles. The summed E-state index contributed by atoms with van der Waals surface area (Å²) in [5, 5.41) is 2.53. The van der Waals surface area contributed by atoms with E-state index < -0.39 is 0 Å². The molecule has 0 heterocycles. The fourth-order valence-electron chi connectivity index (χ4n) is 0.457. The lowest BCUT2D eigenvalue weighted by atomic mass is 10.3. The Morgan fingerprint density at radius 3 is 2.89 bits per heavy atom. The zero-order chi connectivity index (χ0) is 7.11. The van der Waals surface area contributed by atoms with Crippen molar-refractivity contribution in [1.29, 1.82) is 0 Å². The summed E-state index contributed by atoms with van der Waals surface area (Å²) in [6, 6.07) is 0. The van der Waals surface area contributed by atoms with Crippen LogP contribution in [-0.2, 0) is 4.79 Å². The minimum Gasteiger partial charge on any atom is -0.359 e. The van der Waals surface area contributed by atoms with Crippen molar-refractivity contribution in [3.05, 3.63) is 19.1 Å². The highest BCUT2D eigenvalue weighted by molar-refractivity contribution is 5.75. The molecule has 0 bridgehead atoms. The van der Waals surface area contributed by atoms with Gasteiger partial charge in [-0.05, 0) is 13.3 Å². The van der Waals surface area contributed by atoms with Gasteiger partial charge in [-0.3, -0.25) is 4.79 Å². The molecular formula is C7H12NO. The monoisotopic (exact) mass is 126 g/mol. The molecule has 0 aliphatic heterocycles. The van der Waals surface area contributed by atoms with Gasteiger partial charge in [-0.2, -0.15) is 0 Å². The second-order valence-electron chi connectivity index (χ2n) is 1.68. The molecule has 0 fully saturated rings. The average molecular weight is 126 g/mol. The third-order valence-electron chi connectivity index (χ3n) is 0.984. The van der Waals surface area contributed by atoms with Crippen LogP contribution in [0.3, 0.4) is 0 Å². The van der Waals surface area contributed by atoms with Crippen molar-refractivity contribution in [2.24, 2.45) is 0 Å². The molecule has 9 heavy (non-hydrogen) atoms. The van der Waals surface area contributed by atoms with E-state index in [0.717, 1.165) is 6.42 Å². The lowest BCUT2D eigenvalue weighted by Gasteiger charge is -1.92. The Balaban J connectivity index is 3.17. The van der Waals surface area contributed by atoms with Crippen molar-refractivity contribution in [2.75, 3.05) is 7.05 Å². The van der Waals surface area contributed by atoms with Crippen LogP contribution in [0.25, 0.3) is 0 Å². The van der Waals surface area contributed by atoms with Crippen LogP contribution in [0.15, 0.2) is 12.2 Å². The maximum absolute atomic E-state index is 10.5. The normalized spacial score (nSPS) is 10.0. The Kier molecular flexibility index (Phi) is 4.88. The predicted octanol–water partition coefficient (Wildman–Crippen LogP) is 0.903. The number of nitrogens with one attached hydrogen (secondary N) is 1. The van der Waals surface area contributed by atoms with E-state index in [1.807, 2.05) is 6.08 Å². The summed E-state index contributed by atoms with van der Waals surface area (Å²) in [5.41, 5.74) is 0. The van der Waals surface area contributed by atoms with Gasteiger partial charge < -0.3 is 5.32 Å². The molecule has 1 radical (unpaired) electrons. The van der Waals surface area contributed by atoms with Gasteiger partial charge in [-0.25, -0.2) is 0 Å². The maximum Gasteiger partial charge on any atom is 0.220 e. The number of rotatable bonds is 3. The molecule has 0 rings (SSSR count). The van der Waals surface area contributed by atoms with Gasteiger partial charge in [0.15, 0.2) is 0 Å². The van der Waals surface area contributed by atoms with Crippen molar-refractivity contribution in [3.8, 4) is 0 Å². The highest BCUT2D eigenvalue weighted by Crippen LogP contribution is 1.88. The van der Waals surface area contributed by atoms with Crippen molar-refractivity contribution in [1.82, 2.24) is 5.32 Å². The molecule has 1 amide bonds. The van der Waals surface area contributed by atoms with Crippen LogP contribution in [0.1, 0.15) is 12.8 Å². The molecule has 0 aromatic heterocycles. The molecule has 0 aliphatic rings. The van der Waals surface area contributed by atoms with E-state index in [1.165, 1.54) is 0 Å². The van der Waals surface area contributed by atoms with Gasteiger partial charge in [0.05, 0.1) is 0 Å². The van der Waals surface area contributed by atoms with Gasteiger partial charge in [0, 0.05) is 13.5 Å². The smallest absolute Gasteiger partial charge is 0.220 e. The lowest BCUT2D eigenvalue weighted by molar-refractivity contribution is -0.120. The van der Waals surface area contributed by atoms with E-state index in [4.69, 9.17) is 0 Å². The Hall–Kier alpha value is -0.790. The molecule has 0 saturated carbocycles. The van der Waals surface area contributed by atoms with Crippen LogP contribution in [0.4, 0.5) is 0 Å². The van der Waals surface area contributed by atoms with Crippen molar-refractivity contribution in [2.45, 2.75) is 12.8 Å². The van der Waals surface area contributed by atoms with Crippen LogP contribution in [0.5, 0.6) is 0 Å². The van der Waals surface area contributed by atoms with Crippen LogP contribution < -0.4 is 5.32 Å². The molecule has 0 aliphatic carbocycles. The zero-order valence-corrected chi connectivity index (χ0v) is 5.68. The quantitative estimate of drug-likeness (QED) is 0.598. The Morgan fingerprint density at radius 2 is 2.44 bits per heavy atom. The summed E-state index contributed by atoms with van der Waals surface area (Å²) in [5.74, 6) is 0.0769. The number of carbonyl (C=O) groups is 1. The predicted molar refractivity (Wildman–Crippen MR) is 37.8 cm³/mol. The third-order valence-corrected chi connectivity index (χ3v) is 0.984. The minimum absolute atomic E-state index is 0.0769. The van der Waals surface area contributed by atoms with E-state index in [-0.39, 0.29) is 5.91 Å². The van der Waals surface area contributed by atoms with Crippen molar-refractivity contribution < 1.29 is 4.79 Å². The molecule has 0 aromatic rings. The van der Waals surface area contributed by atoms with Crippen molar-refractivity contribution >= 4 is 5.91 Å². The van der Waals surface area contributed by atoms with Gasteiger partial charge in [0.2, 0.25) is 5.91 Å². The van der Waals surface area contributed by atoms with Gasteiger partial charge in [-0.15, -0.1) is 0 Å². The number of amides is 1. The fourth-order valence-corrected chi connectivity index (χ4v) is 0.457. The van der Waals surface area contributed by atoms with E-state index in [2.05, 4.69) is 12.2 Å². The van der Waals surface area contributed by atoms with Crippen LogP contribution in [0, 0.1) is 6.92 Å². The van der Waals surface area contributed by atoms with E-state index in [1.54, 1.807) is 13.1 Å². The number of carbonyl (C=O) groups excluding carboxylic acids is 1. The first-order valence-corrected chi connectivity index (χ1v) is 2.96.